The molecule has 0 fully saturated rings. The molecule has 0 radical (unpaired) electrons. The van der Waals surface area contributed by atoms with Crippen molar-refractivity contribution < 1.29 is 13.2 Å². The topological polar surface area (TPSA) is 98.3 Å². The number of fused-ring (bicyclic) bond motifs is 1. The van der Waals surface area contributed by atoms with E-state index in [1.165, 1.54) is 12.1 Å². The van der Waals surface area contributed by atoms with Crippen molar-refractivity contribution in [3.63, 3.8) is 0 Å². The summed E-state index contributed by atoms with van der Waals surface area (Å²) < 4.78 is 24.8. The zero-order chi connectivity index (χ0) is 21.2. The van der Waals surface area contributed by atoms with E-state index in [0.717, 1.165) is 28.2 Å². The summed E-state index contributed by atoms with van der Waals surface area (Å²) >= 11 is 1.66. The van der Waals surface area contributed by atoms with E-state index in [-0.39, 0.29) is 23.4 Å². The summed E-state index contributed by atoms with van der Waals surface area (Å²) in [4.78, 5) is 19.4. The molecule has 1 aromatic heterocycles. The van der Waals surface area contributed by atoms with Gasteiger partial charge in [0.05, 0.1) is 27.7 Å². The number of benzene rings is 2. The molecule has 0 saturated heterocycles. The first-order valence-electron chi connectivity index (χ1n) is 9.04. The van der Waals surface area contributed by atoms with Crippen molar-refractivity contribution in [2.75, 3.05) is 13.3 Å². The zero-order valence-electron chi connectivity index (χ0n) is 16.6. The molecule has 0 aliphatic rings. The van der Waals surface area contributed by atoms with Crippen LogP contribution in [0.2, 0.25) is 0 Å². The number of primary sulfonamides is 1. The highest BCUT2D eigenvalue weighted by molar-refractivity contribution is 7.97. The molecule has 1 amide bonds. The van der Waals surface area contributed by atoms with Crippen LogP contribution in [0.3, 0.4) is 0 Å². The molecule has 1 atom stereocenters. The van der Waals surface area contributed by atoms with E-state index in [1.54, 1.807) is 35.8 Å². The SMILES string of the molecule is CSCc1nc2ccccc2n1CC(=O)N(C)C(C)c1ccc(S(N)(=O)=O)cc1. The van der Waals surface area contributed by atoms with Gasteiger partial charge in [0.15, 0.2) is 0 Å². The fourth-order valence-corrected chi connectivity index (χ4v) is 4.16. The van der Waals surface area contributed by atoms with Crippen molar-refractivity contribution >= 4 is 38.7 Å². The first-order valence-corrected chi connectivity index (χ1v) is 12.0. The second kappa shape index (κ2) is 8.56. The minimum Gasteiger partial charge on any atom is -0.337 e. The summed E-state index contributed by atoms with van der Waals surface area (Å²) in [5.74, 6) is 1.53. The van der Waals surface area contributed by atoms with Crippen LogP contribution in [0.25, 0.3) is 11.0 Å². The van der Waals surface area contributed by atoms with E-state index < -0.39 is 10.0 Å². The van der Waals surface area contributed by atoms with Crippen LogP contribution in [-0.4, -0.2) is 42.1 Å². The maximum Gasteiger partial charge on any atom is 0.242 e. The van der Waals surface area contributed by atoms with E-state index in [2.05, 4.69) is 4.98 Å². The largest absolute Gasteiger partial charge is 0.337 e. The Hall–Kier alpha value is -2.36. The monoisotopic (exact) mass is 432 g/mol. The van der Waals surface area contributed by atoms with Crippen LogP contribution >= 0.6 is 11.8 Å². The normalized spacial score (nSPS) is 12.8. The van der Waals surface area contributed by atoms with Crippen molar-refractivity contribution in [3.05, 3.63) is 59.9 Å². The van der Waals surface area contributed by atoms with Gasteiger partial charge >= 0.3 is 0 Å². The van der Waals surface area contributed by atoms with Gasteiger partial charge in [0.25, 0.3) is 0 Å². The number of thioether (sulfide) groups is 1. The molecular weight excluding hydrogens is 408 g/mol. The Morgan fingerprint density at radius 1 is 1.21 bits per heavy atom. The second-order valence-corrected chi connectivity index (χ2v) is 9.26. The minimum atomic E-state index is -3.74. The van der Waals surface area contributed by atoms with Crippen LogP contribution < -0.4 is 5.14 Å². The number of amides is 1. The number of nitrogens with two attached hydrogens (primary N) is 1. The van der Waals surface area contributed by atoms with Crippen LogP contribution in [0.1, 0.15) is 24.4 Å². The lowest BCUT2D eigenvalue weighted by molar-refractivity contribution is -0.132. The average molecular weight is 433 g/mol. The van der Waals surface area contributed by atoms with Crippen LogP contribution in [-0.2, 0) is 27.1 Å². The van der Waals surface area contributed by atoms with Gasteiger partial charge < -0.3 is 9.47 Å². The van der Waals surface area contributed by atoms with Gasteiger partial charge in [-0.05, 0) is 43.0 Å². The van der Waals surface area contributed by atoms with Gasteiger partial charge in [0.2, 0.25) is 15.9 Å². The highest BCUT2D eigenvalue weighted by Crippen LogP contribution is 2.23. The minimum absolute atomic E-state index is 0.0500. The van der Waals surface area contributed by atoms with Crippen molar-refractivity contribution in [2.45, 2.75) is 30.2 Å². The first kappa shape index (κ1) is 21.4. The Morgan fingerprint density at radius 3 is 2.48 bits per heavy atom. The number of rotatable bonds is 7. The van der Waals surface area contributed by atoms with Gasteiger partial charge in [-0.1, -0.05) is 24.3 Å². The molecule has 154 valence electrons. The lowest BCUT2D eigenvalue weighted by atomic mass is 10.1. The number of imidazole rings is 1. The second-order valence-electron chi connectivity index (χ2n) is 6.83. The predicted molar refractivity (Wildman–Crippen MR) is 116 cm³/mol. The van der Waals surface area contributed by atoms with Gasteiger partial charge in [-0.3, -0.25) is 4.79 Å². The third kappa shape index (κ3) is 4.63. The highest BCUT2D eigenvalue weighted by Gasteiger charge is 2.21. The Bertz CT molecular complexity index is 1120. The summed E-state index contributed by atoms with van der Waals surface area (Å²) in [7, 11) is -2.00. The molecule has 3 aromatic rings. The molecule has 3 rings (SSSR count). The number of carbonyl (C=O) groups is 1. The molecular formula is C20H24N4O3S2. The Balaban J connectivity index is 1.82. The standard InChI is InChI=1S/C20H24N4O3S2/c1-14(15-8-10-16(11-9-15)29(21,26)27)23(2)20(25)12-24-18-7-5-4-6-17(18)22-19(24)13-28-3/h4-11,14H,12-13H2,1-3H3,(H2,21,26,27). The zero-order valence-corrected chi connectivity index (χ0v) is 18.2. The average Bonchev–Trinajstić information content (AvgIpc) is 3.04. The van der Waals surface area contributed by atoms with Gasteiger partial charge in [0.1, 0.15) is 12.4 Å². The fraction of sp³-hybridized carbons (Fsp3) is 0.300. The van der Waals surface area contributed by atoms with Crippen molar-refractivity contribution in [1.29, 1.82) is 0 Å². The van der Waals surface area contributed by atoms with E-state index in [0.29, 0.717) is 0 Å². The van der Waals surface area contributed by atoms with E-state index >= 15 is 0 Å². The summed E-state index contributed by atoms with van der Waals surface area (Å²) in [6.45, 7) is 2.09. The van der Waals surface area contributed by atoms with Crippen LogP contribution in [0.5, 0.6) is 0 Å². The summed E-state index contributed by atoms with van der Waals surface area (Å²) in [6.07, 6.45) is 2.00. The van der Waals surface area contributed by atoms with E-state index in [9.17, 15) is 13.2 Å². The molecule has 0 aliphatic heterocycles. The number of hydrogen-bond donors (Lipinski definition) is 1. The van der Waals surface area contributed by atoms with E-state index in [4.69, 9.17) is 5.14 Å². The molecule has 29 heavy (non-hydrogen) atoms. The molecule has 0 aliphatic carbocycles. The quantitative estimate of drug-likeness (QED) is 0.619. The molecule has 2 N–H and O–H groups in total. The number of para-hydroxylation sites is 2. The van der Waals surface area contributed by atoms with Gasteiger partial charge in [0, 0.05) is 7.05 Å². The molecule has 0 bridgehead atoms. The number of hydrogen-bond acceptors (Lipinski definition) is 5. The lowest BCUT2D eigenvalue weighted by Gasteiger charge is -2.26. The number of likely N-dealkylation sites (N-methyl/N-ethyl adjacent to an activating group) is 1. The van der Waals surface area contributed by atoms with Crippen molar-refractivity contribution in [1.82, 2.24) is 14.5 Å². The van der Waals surface area contributed by atoms with Crippen LogP contribution in [0, 0.1) is 0 Å². The molecule has 0 saturated carbocycles. The number of sulfonamides is 1. The molecule has 9 heteroatoms. The Labute approximate surface area is 175 Å². The maximum absolute atomic E-state index is 13.0. The maximum atomic E-state index is 13.0. The Morgan fingerprint density at radius 2 is 1.86 bits per heavy atom. The lowest BCUT2D eigenvalue weighted by Crippen LogP contribution is -2.33. The number of nitrogens with zero attached hydrogens (tertiary/aromatic N) is 3. The first-order chi connectivity index (χ1) is 13.7. The molecule has 1 unspecified atom stereocenters. The summed E-state index contributed by atoms with van der Waals surface area (Å²) in [5.41, 5.74) is 2.63. The van der Waals surface area contributed by atoms with Crippen molar-refractivity contribution in [2.24, 2.45) is 5.14 Å². The number of carbonyl (C=O) groups excluding carboxylic acids is 1. The van der Waals surface area contributed by atoms with Gasteiger partial charge in [-0.25, -0.2) is 18.5 Å². The van der Waals surface area contributed by atoms with Gasteiger partial charge in [-0.2, -0.15) is 11.8 Å². The smallest absolute Gasteiger partial charge is 0.242 e. The van der Waals surface area contributed by atoms with Crippen LogP contribution in [0.15, 0.2) is 53.4 Å². The van der Waals surface area contributed by atoms with Crippen molar-refractivity contribution in [3.8, 4) is 0 Å². The summed E-state index contributed by atoms with van der Waals surface area (Å²) in [6, 6.07) is 13.8. The molecule has 2 aromatic carbocycles. The van der Waals surface area contributed by atoms with Crippen LogP contribution in [0.4, 0.5) is 0 Å². The Kier molecular flexibility index (Phi) is 6.30. The third-order valence-electron chi connectivity index (χ3n) is 4.97. The highest BCUT2D eigenvalue weighted by atomic mass is 32.2. The van der Waals surface area contributed by atoms with E-state index in [1.807, 2.05) is 42.0 Å². The van der Waals surface area contributed by atoms with Gasteiger partial charge in [-0.15, -0.1) is 0 Å². The molecule has 0 spiro atoms. The number of aromatic nitrogens is 2. The molecule has 7 nitrogen and oxygen atoms in total. The fourth-order valence-electron chi connectivity index (χ4n) is 3.16. The predicted octanol–water partition coefficient (Wildman–Crippen LogP) is 2.77. The third-order valence-corrected chi connectivity index (χ3v) is 6.44. The summed E-state index contributed by atoms with van der Waals surface area (Å²) in [5, 5.41) is 5.15. The molecule has 1 heterocycles.